The van der Waals surface area contributed by atoms with Crippen molar-refractivity contribution in [3.05, 3.63) is 40.4 Å². The van der Waals surface area contributed by atoms with Crippen LogP contribution in [0.4, 0.5) is 0 Å². The first-order valence-corrected chi connectivity index (χ1v) is 10.9. The number of nitrogens with one attached hydrogen (secondary N) is 1. The van der Waals surface area contributed by atoms with E-state index in [1.807, 2.05) is 0 Å². The normalized spacial score (nSPS) is 39.1. The Balaban J connectivity index is 1.79. The summed E-state index contributed by atoms with van der Waals surface area (Å²) < 4.78 is 0. The zero-order valence-electron chi connectivity index (χ0n) is 16.2. The third kappa shape index (κ3) is 2.42. The molecule has 1 aromatic rings. The second-order valence-electron chi connectivity index (χ2n) is 8.55. The van der Waals surface area contributed by atoms with Gasteiger partial charge in [0.25, 0.3) is 11.8 Å². The zero-order valence-corrected chi connectivity index (χ0v) is 18.5. The van der Waals surface area contributed by atoms with Crippen molar-refractivity contribution in [2.24, 2.45) is 17.8 Å². The van der Waals surface area contributed by atoms with Crippen LogP contribution >= 0.6 is 34.8 Å². The van der Waals surface area contributed by atoms with Crippen molar-refractivity contribution in [3.8, 4) is 5.75 Å². The van der Waals surface area contributed by atoms with Crippen molar-refractivity contribution < 1.29 is 24.3 Å². The molecule has 0 spiro atoms. The predicted octanol–water partition coefficient (Wildman–Crippen LogP) is 2.32. The monoisotopic (exact) mass is 482 g/mol. The van der Waals surface area contributed by atoms with Gasteiger partial charge in [-0.15, -0.1) is 23.2 Å². The highest BCUT2D eigenvalue weighted by Gasteiger charge is 2.75. The minimum absolute atomic E-state index is 0.0848. The summed E-state index contributed by atoms with van der Waals surface area (Å²) in [7, 11) is 1.30. The standard InChI is InChI=1S/C21H17Cl3N2O5/c1-26-18(30)20(23)7-12-9(3-4-10-14(12)17(29)25-16(10)28)15(21(20,24)19(26)31)11-6-8(22)2-5-13(11)27/h2-3,5-6,10,12,14-15,27H,4,7H2,1H3,(H,25,28,29). The number of phenols is 1. The third-order valence-electron chi connectivity index (χ3n) is 7.16. The highest BCUT2D eigenvalue weighted by Crippen LogP contribution is 2.65. The van der Waals surface area contributed by atoms with E-state index in [1.165, 1.54) is 25.2 Å². The quantitative estimate of drug-likeness (QED) is 0.362. The maximum Gasteiger partial charge on any atom is 0.253 e. The lowest BCUT2D eigenvalue weighted by molar-refractivity contribution is -0.138. The van der Waals surface area contributed by atoms with Crippen LogP contribution in [0, 0.1) is 17.8 Å². The molecule has 5 rings (SSSR count). The molecule has 0 aromatic heterocycles. The van der Waals surface area contributed by atoms with Crippen molar-refractivity contribution in [1.82, 2.24) is 10.2 Å². The lowest BCUT2D eigenvalue weighted by Gasteiger charge is -2.50. The number of aromatic hydroxyl groups is 1. The van der Waals surface area contributed by atoms with Crippen LogP contribution in [0.2, 0.25) is 5.02 Å². The van der Waals surface area contributed by atoms with Crippen molar-refractivity contribution in [2.45, 2.75) is 28.5 Å². The molecule has 31 heavy (non-hydrogen) atoms. The fourth-order valence-corrected chi connectivity index (χ4v) is 6.95. The van der Waals surface area contributed by atoms with E-state index in [4.69, 9.17) is 34.8 Å². The van der Waals surface area contributed by atoms with Crippen LogP contribution in [0.3, 0.4) is 0 Å². The Morgan fingerprint density at radius 3 is 2.52 bits per heavy atom. The summed E-state index contributed by atoms with van der Waals surface area (Å²) in [6.45, 7) is 0. The number of halogens is 3. The molecular formula is C21H17Cl3N2O5. The molecule has 4 aliphatic rings. The molecule has 4 amide bonds. The van der Waals surface area contributed by atoms with Crippen LogP contribution in [-0.2, 0) is 19.2 Å². The molecule has 2 saturated heterocycles. The number of imide groups is 2. The first-order chi connectivity index (χ1) is 14.5. The number of hydrogen-bond donors (Lipinski definition) is 2. The van der Waals surface area contributed by atoms with E-state index in [2.05, 4.69) is 5.32 Å². The molecule has 1 saturated carbocycles. The first-order valence-electron chi connectivity index (χ1n) is 9.76. The van der Waals surface area contributed by atoms with E-state index in [0.29, 0.717) is 10.6 Å². The smallest absolute Gasteiger partial charge is 0.253 e. The van der Waals surface area contributed by atoms with Gasteiger partial charge in [-0.25, -0.2) is 0 Å². The van der Waals surface area contributed by atoms with Gasteiger partial charge >= 0.3 is 0 Å². The van der Waals surface area contributed by atoms with E-state index in [0.717, 1.165) is 4.90 Å². The van der Waals surface area contributed by atoms with Gasteiger partial charge in [0.1, 0.15) is 5.75 Å². The van der Waals surface area contributed by atoms with Crippen LogP contribution in [0.15, 0.2) is 29.8 Å². The maximum absolute atomic E-state index is 13.3. The summed E-state index contributed by atoms with van der Waals surface area (Å²) in [4.78, 5) is 48.4. The molecule has 10 heteroatoms. The Kier molecular flexibility index (Phi) is 4.34. The van der Waals surface area contributed by atoms with Crippen LogP contribution in [0.5, 0.6) is 5.75 Å². The molecule has 6 unspecified atom stereocenters. The minimum atomic E-state index is -1.93. The number of allylic oxidation sites excluding steroid dienone is 2. The van der Waals surface area contributed by atoms with Crippen molar-refractivity contribution in [3.63, 3.8) is 0 Å². The summed E-state index contributed by atoms with van der Waals surface area (Å²) in [5.41, 5.74) is 0.842. The number of benzene rings is 1. The largest absolute Gasteiger partial charge is 0.508 e. The second-order valence-corrected chi connectivity index (χ2v) is 10.2. The zero-order chi connectivity index (χ0) is 22.5. The van der Waals surface area contributed by atoms with E-state index in [-0.39, 0.29) is 30.1 Å². The average molecular weight is 484 g/mol. The molecule has 7 nitrogen and oxygen atoms in total. The summed E-state index contributed by atoms with van der Waals surface area (Å²) in [5, 5.41) is 13.3. The Morgan fingerprint density at radius 2 is 1.81 bits per heavy atom. The van der Waals surface area contributed by atoms with Gasteiger partial charge in [0.05, 0.1) is 11.8 Å². The van der Waals surface area contributed by atoms with Gasteiger partial charge in [0.2, 0.25) is 11.8 Å². The Labute approximate surface area is 192 Å². The molecule has 2 N–H and O–H groups in total. The van der Waals surface area contributed by atoms with Crippen molar-refractivity contribution in [1.29, 1.82) is 0 Å². The fourth-order valence-electron chi connectivity index (χ4n) is 5.76. The number of alkyl halides is 2. The highest BCUT2D eigenvalue weighted by atomic mass is 35.5. The molecular weight excluding hydrogens is 467 g/mol. The Morgan fingerprint density at radius 1 is 1.10 bits per heavy atom. The topological polar surface area (TPSA) is 104 Å². The molecule has 2 aliphatic carbocycles. The Hall–Kier alpha value is -2.09. The van der Waals surface area contributed by atoms with Gasteiger partial charge in [-0.1, -0.05) is 23.3 Å². The number of carbonyl (C=O) groups excluding carboxylic acids is 4. The van der Waals surface area contributed by atoms with Gasteiger partial charge in [0.15, 0.2) is 9.75 Å². The number of phenolic OH excluding ortho intramolecular Hbond substituents is 1. The number of amides is 4. The van der Waals surface area contributed by atoms with E-state index in [9.17, 15) is 24.3 Å². The van der Waals surface area contributed by atoms with E-state index < -0.39 is 51.1 Å². The predicted molar refractivity (Wildman–Crippen MR) is 112 cm³/mol. The summed E-state index contributed by atoms with van der Waals surface area (Å²) in [5.74, 6) is -5.28. The SMILES string of the molecule is CN1C(=O)C2(Cl)CC3C(=CCC4C(=O)NC(=O)C43)C(c3cc(Cl)ccc3O)C2(Cl)C1=O. The minimum Gasteiger partial charge on any atom is -0.508 e. The molecule has 2 heterocycles. The lowest BCUT2D eigenvalue weighted by Crippen LogP contribution is -2.60. The maximum atomic E-state index is 13.3. The van der Waals surface area contributed by atoms with Gasteiger partial charge < -0.3 is 5.11 Å². The molecule has 2 aliphatic heterocycles. The second kappa shape index (κ2) is 6.47. The Bertz CT molecular complexity index is 1120. The van der Waals surface area contributed by atoms with Gasteiger partial charge in [-0.3, -0.25) is 29.4 Å². The number of hydrogen-bond acceptors (Lipinski definition) is 5. The van der Waals surface area contributed by atoms with Crippen LogP contribution in [0.25, 0.3) is 0 Å². The molecule has 0 bridgehead atoms. The van der Waals surface area contributed by atoms with E-state index in [1.54, 1.807) is 6.08 Å². The first kappa shape index (κ1) is 20.8. The summed E-state index contributed by atoms with van der Waals surface area (Å²) in [6.07, 6.45) is 1.97. The van der Waals surface area contributed by atoms with Crippen LogP contribution in [-0.4, -0.2) is 50.4 Å². The van der Waals surface area contributed by atoms with Crippen molar-refractivity contribution >= 4 is 58.4 Å². The fraction of sp³-hybridized carbons (Fsp3) is 0.429. The average Bonchev–Trinajstić information content (AvgIpc) is 3.08. The van der Waals surface area contributed by atoms with Gasteiger partial charge in [0, 0.05) is 23.6 Å². The third-order valence-corrected chi connectivity index (χ3v) is 8.81. The van der Waals surface area contributed by atoms with E-state index >= 15 is 0 Å². The number of likely N-dealkylation sites (tertiary alicyclic amines) is 1. The molecule has 1 aromatic carbocycles. The summed E-state index contributed by atoms with van der Waals surface area (Å²) in [6, 6.07) is 4.34. The number of fused-ring (bicyclic) bond motifs is 4. The van der Waals surface area contributed by atoms with Crippen molar-refractivity contribution in [2.75, 3.05) is 7.05 Å². The summed E-state index contributed by atoms with van der Waals surface area (Å²) >= 11 is 20.1. The van der Waals surface area contributed by atoms with Gasteiger partial charge in [-0.2, -0.15) is 0 Å². The van der Waals surface area contributed by atoms with Crippen LogP contribution < -0.4 is 5.32 Å². The molecule has 162 valence electrons. The molecule has 6 atom stereocenters. The van der Waals surface area contributed by atoms with Crippen LogP contribution in [0.1, 0.15) is 24.3 Å². The number of nitrogens with zero attached hydrogens (tertiary/aromatic N) is 1. The highest BCUT2D eigenvalue weighted by molar-refractivity contribution is 6.53. The number of carbonyl (C=O) groups is 4. The molecule has 3 fully saturated rings. The number of rotatable bonds is 1. The van der Waals surface area contributed by atoms with Gasteiger partial charge in [-0.05, 0) is 37.0 Å². The lowest BCUT2D eigenvalue weighted by atomic mass is 9.56. The molecule has 0 radical (unpaired) electrons.